The van der Waals surface area contributed by atoms with Crippen LogP contribution in [0.5, 0.6) is 0 Å². The zero-order valence-corrected chi connectivity index (χ0v) is 11.6. The Kier molecular flexibility index (Phi) is 6.53. The van der Waals surface area contributed by atoms with Gasteiger partial charge in [0.1, 0.15) is 0 Å². The van der Waals surface area contributed by atoms with Gasteiger partial charge in [0.25, 0.3) is 0 Å². The molecule has 0 saturated carbocycles. The number of hydrogen-bond donors (Lipinski definition) is 3. The lowest BCUT2D eigenvalue weighted by Crippen LogP contribution is -2.32. The number of hydrogen-bond acceptors (Lipinski definition) is 3. The van der Waals surface area contributed by atoms with Crippen LogP contribution in [0.15, 0.2) is 24.3 Å². The highest BCUT2D eigenvalue weighted by Crippen LogP contribution is 2.12. The summed E-state index contributed by atoms with van der Waals surface area (Å²) in [5.74, 6) is -0.578. The minimum atomic E-state index is -0.913. The Morgan fingerprint density at radius 1 is 1.21 bits per heavy atom. The highest BCUT2D eigenvalue weighted by Gasteiger charge is 2.14. The molecule has 0 aliphatic heterocycles. The molecule has 1 rings (SSSR count). The first-order chi connectivity index (χ1) is 9.08. The second-order valence-corrected chi connectivity index (χ2v) is 4.78. The lowest BCUT2D eigenvalue weighted by Gasteiger charge is -2.20. The van der Waals surface area contributed by atoms with Crippen molar-refractivity contribution in [1.29, 1.82) is 0 Å². The van der Waals surface area contributed by atoms with Gasteiger partial charge in [-0.25, -0.2) is 4.79 Å². The molecule has 0 spiro atoms. The average Bonchev–Trinajstić information content (AvgIpc) is 2.40. The summed E-state index contributed by atoms with van der Waals surface area (Å²) >= 11 is 0. The molecule has 4 heteroatoms. The van der Waals surface area contributed by atoms with E-state index in [1.54, 1.807) is 24.3 Å². The van der Waals surface area contributed by atoms with Crippen LogP contribution in [-0.4, -0.2) is 28.8 Å². The fourth-order valence-electron chi connectivity index (χ4n) is 2.13. The zero-order valence-electron chi connectivity index (χ0n) is 11.6. The molecule has 0 saturated heterocycles. The lowest BCUT2D eigenvalue weighted by molar-refractivity contribution is 0.0697. The van der Waals surface area contributed by atoms with E-state index in [1.807, 2.05) is 0 Å². The van der Waals surface area contributed by atoms with Gasteiger partial charge in [-0.1, -0.05) is 38.8 Å². The topological polar surface area (TPSA) is 69.6 Å². The maximum absolute atomic E-state index is 10.7. The standard InChI is InChI=1S/C15H23NO3/c1-3-12(4-2)14(17)10-16-9-11-5-7-13(8-6-11)15(18)19/h5-8,12,14,16-17H,3-4,9-10H2,1-2H3,(H,18,19). The van der Waals surface area contributed by atoms with Gasteiger partial charge < -0.3 is 15.5 Å². The summed E-state index contributed by atoms with van der Waals surface area (Å²) in [6.45, 7) is 5.37. The van der Waals surface area contributed by atoms with E-state index in [0.29, 0.717) is 24.6 Å². The largest absolute Gasteiger partial charge is 0.478 e. The number of carboxylic acid groups (broad SMARTS) is 1. The third kappa shape index (κ3) is 5.01. The summed E-state index contributed by atoms with van der Waals surface area (Å²) in [5, 5.41) is 22.0. The van der Waals surface area contributed by atoms with E-state index in [0.717, 1.165) is 18.4 Å². The number of aliphatic hydroxyl groups is 1. The van der Waals surface area contributed by atoms with Crippen molar-refractivity contribution in [1.82, 2.24) is 5.32 Å². The number of benzene rings is 1. The molecular formula is C15H23NO3. The summed E-state index contributed by atoms with van der Waals surface area (Å²) in [6, 6.07) is 6.77. The second kappa shape index (κ2) is 7.92. The molecular weight excluding hydrogens is 242 g/mol. The summed E-state index contributed by atoms with van der Waals surface area (Å²) in [4.78, 5) is 10.7. The maximum atomic E-state index is 10.7. The van der Waals surface area contributed by atoms with Gasteiger partial charge in [0.05, 0.1) is 11.7 Å². The Morgan fingerprint density at radius 2 is 1.79 bits per heavy atom. The molecule has 0 fully saturated rings. The lowest BCUT2D eigenvalue weighted by atomic mass is 9.96. The van der Waals surface area contributed by atoms with Crippen molar-refractivity contribution in [2.45, 2.75) is 39.3 Å². The van der Waals surface area contributed by atoms with Crippen LogP contribution in [0.1, 0.15) is 42.6 Å². The molecule has 0 heterocycles. The van der Waals surface area contributed by atoms with Gasteiger partial charge in [0.2, 0.25) is 0 Å². The third-order valence-electron chi connectivity index (χ3n) is 3.48. The summed E-state index contributed by atoms with van der Waals surface area (Å²) in [7, 11) is 0. The first-order valence-electron chi connectivity index (χ1n) is 6.79. The maximum Gasteiger partial charge on any atom is 0.335 e. The predicted octanol–water partition coefficient (Wildman–Crippen LogP) is 2.27. The van der Waals surface area contributed by atoms with Gasteiger partial charge in [0.15, 0.2) is 0 Å². The Morgan fingerprint density at radius 3 is 2.26 bits per heavy atom. The fourth-order valence-corrected chi connectivity index (χ4v) is 2.13. The Balaban J connectivity index is 2.38. The highest BCUT2D eigenvalue weighted by atomic mass is 16.4. The number of carboxylic acids is 1. The van der Waals surface area contributed by atoms with Crippen LogP contribution in [0.2, 0.25) is 0 Å². The van der Waals surface area contributed by atoms with Gasteiger partial charge in [-0.05, 0) is 23.6 Å². The number of nitrogens with one attached hydrogen (secondary N) is 1. The first-order valence-corrected chi connectivity index (χ1v) is 6.79. The normalized spacial score (nSPS) is 12.6. The van der Waals surface area contributed by atoms with Crippen molar-refractivity contribution in [3.8, 4) is 0 Å². The van der Waals surface area contributed by atoms with E-state index >= 15 is 0 Å². The molecule has 1 aromatic rings. The van der Waals surface area contributed by atoms with Crippen LogP contribution in [0.25, 0.3) is 0 Å². The van der Waals surface area contributed by atoms with Crippen LogP contribution >= 0.6 is 0 Å². The van der Waals surface area contributed by atoms with E-state index in [1.165, 1.54) is 0 Å². The average molecular weight is 265 g/mol. The molecule has 1 unspecified atom stereocenters. The van der Waals surface area contributed by atoms with Crippen molar-refractivity contribution in [2.24, 2.45) is 5.92 Å². The van der Waals surface area contributed by atoms with Crippen LogP contribution < -0.4 is 5.32 Å². The molecule has 19 heavy (non-hydrogen) atoms. The summed E-state index contributed by atoms with van der Waals surface area (Å²) in [6.07, 6.45) is 1.63. The highest BCUT2D eigenvalue weighted by molar-refractivity contribution is 5.87. The molecule has 106 valence electrons. The van der Waals surface area contributed by atoms with Crippen LogP contribution in [0.4, 0.5) is 0 Å². The molecule has 1 atom stereocenters. The van der Waals surface area contributed by atoms with E-state index in [-0.39, 0.29) is 6.10 Å². The molecule has 0 aliphatic rings. The first kappa shape index (κ1) is 15.7. The van der Waals surface area contributed by atoms with Gasteiger partial charge in [-0.15, -0.1) is 0 Å². The summed E-state index contributed by atoms with van der Waals surface area (Å²) in [5.41, 5.74) is 1.31. The Hall–Kier alpha value is -1.39. The fraction of sp³-hybridized carbons (Fsp3) is 0.533. The van der Waals surface area contributed by atoms with Crippen molar-refractivity contribution in [3.05, 3.63) is 35.4 Å². The second-order valence-electron chi connectivity index (χ2n) is 4.78. The Bertz CT molecular complexity index is 385. The van der Waals surface area contributed by atoms with Crippen LogP contribution in [0, 0.1) is 5.92 Å². The molecule has 0 aliphatic carbocycles. The SMILES string of the molecule is CCC(CC)C(O)CNCc1ccc(C(=O)O)cc1. The van der Waals surface area contributed by atoms with Gasteiger partial charge in [-0.2, -0.15) is 0 Å². The van der Waals surface area contributed by atoms with Crippen molar-refractivity contribution < 1.29 is 15.0 Å². The third-order valence-corrected chi connectivity index (χ3v) is 3.48. The van der Waals surface area contributed by atoms with Crippen LogP contribution in [-0.2, 0) is 6.54 Å². The number of rotatable bonds is 8. The minimum absolute atomic E-state index is 0.292. The van der Waals surface area contributed by atoms with Gasteiger partial charge >= 0.3 is 5.97 Å². The van der Waals surface area contributed by atoms with Crippen molar-refractivity contribution in [2.75, 3.05) is 6.54 Å². The van der Waals surface area contributed by atoms with Gasteiger partial charge in [0, 0.05) is 13.1 Å². The minimum Gasteiger partial charge on any atom is -0.478 e. The predicted molar refractivity (Wildman–Crippen MR) is 75.2 cm³/mol. The van der Waals surface area contributed by atoms with E-state index in [4.69, 9.17) is 5.11 Å². The molecule has 1 aromatic carbocycles. The molecule has 0 radical (unpaired) electrons. The van der Waals surface area contributed by atoms with Crippen molar-refractivity contribution >= 4 is 5.97 Å². The number of carbonyl (C=O) groups is 1. The van der Waals surface area contributed by atoms with Crippen molar-refractivity contribution in [3.63, 3.8) is 0 Å². The van der Waals surface area contributed by atoms with Gasteiger partial charge in [-0.3, -0.25) is 0 Å². The molecule has 0 amide bonds. The monoisotopic (exact) mass is 265 g/mol. The van der Waals surface area contributed by atoms with E-state index < -0.39 is 5.97 Å². The quantitative estimate of drug-likeness (QED) is 0.674. The number of aromatic carboxylic acids is 1. The van der Waals surface area contributed by atoms with E-state index in [9.17, 15) is 9.90 Å². The molecule has 0 bridgehead atoms. The molecule has 0 aromatic heterocycles. The number of aliphatic hydroxyl groups excluding tert-OH is 1. The summed E-state index contributed by atoms with van der Waals surface area (Å²) < 4.78 is 0. The molecule has 4 nitrogen and oxygen atoms in total. The van der Waals surface area contributed by atoms with Crippen LogP contribution in [0.3, 0.4) is 0 Å². The zero-order chi connectivity index (χ0) is 14.3. The van der Waals surface area contributed by atoms with E-state index in [2.05, 4.69) is 19.2 Å². The Labute approximate surface area is 114 Å². The smallest absolute Gasteiger partial charge is 0.335 e. The molecule has 3 N–H and O–H groups in total.